The molecule has 4 heterocycles. The zero-order valence-electron chi connectivity index (χ0n) is 26.8. The van der Waals surface area contributed by atoms with Crippen LogP contribution in [-0.2, 0) is 27.7 Å². The molecule has 0 unspecified atom stereocenters. The summed E-state index contributed by atoms with van der Waals surface area (Å²) < 4.78 is 68.5. The van der Waals surface area contributed by atoms with Crippen molar-refractivity contribution >= 4 is 39.6 Å². The normalized spacial score (nSPS) is 15.7. The van der Waals surface area contributed by atoms with Crippen LogP contribution in [0.2, 0.25) is 0 Å². The average Bonchev–Trinajstić information content (AvgIpc) is 3.10. The van der Waals surface area contributed by atoms with Gasteiger partial charge >= 0.3 is 17.8 Å². The van der Waals surface area contributed by atoms with Gasteiger partial charge in [-0.3, -0.25) is 19.1 Å². The first kappa shape index (κ1) is 34.2. The summed E-state index contributed by atoms with van der Waals surface area (Å²) in [7, 11) is 2.55. The Bertz CT molecular complexity index is 2250. The number of nitrogens with zero attached hydrogens (tertiary/aromatic N) is 6. The third-order valence-corrected chi connectivity index (χ3v) is 8.51. The number of benzene rings is 2. The van der Waals surface area contributed by atoms with Crippen molar-refractivity contribution in [3.63, 3.8) is 0 Å². The van der Waals surface area contributed by atoms with Crippen molar-refractivity contribution in [2.24, 2.45) is 7.05 Å². The Labute approximate surface area is 280 Å². The van der Waals surface area contributed by atoms with E-state index in [0.29, 0.717) is 10.9 Å². The van der Waals surface area contributed by atoms with Crippen LogP contribution in [0.25, 0.3) is 27.8 Å². The van der Waals surface area contributed by atoms with Gasteiger partial charge in [-0.1, -0.05) is 12.1 Å². The van der Waals surface area contributed by atoms with Crippen molar-refractivity contribution in [2.75, 3.05) is 31.8 Å². The average molecular weight is 696 g/mol. The van der Waals surface area contributed by atoms with Crippen molar-refractivity contribution in [1.82, 2.24) is 29.4 Å². The third kappa shape index (κ3) is 6.15. The number of esters is 1. The molecule has 1 aliphatic heterocycles. The molecule has 0 saturated carbocycles. The molecule has 260 valence electrons. The monoisotopic (exact) mass is 695 g/mol. The van der Waals surface area contributed by atoms with Gasteiger partial charge in [-0.25, -0.2) is 28.5 Å². The van der Waals surface area contributed by atoms with Crippen molar-refractivity contribution in [2.45, 2.75) is 31.6 Å². The SMILES string of the molecule is COC(=O)[C@H](Cc1ccc(-n2c(=O)c3nccnc3n(C)c2=O)c2ncccc12)NC(=O)c1c(C)cc(N2CCOC[C@@H]2C(F)(F)F)cc1F. The van der Waals surface area contributed by atoms with Crippen molar-refractivity contribution in [3.05, 3.63) is 98.3 Å². The minimum atomic E-state index is -4.64. The lowest BCUT2D eigenvalue weighted by molar-refractivity contribution is -0.167. The van der Waals surface area contributed by atoms with Crippen LogP contribution in [0.15, 0.2) is 64.6 Å². The van der Waals surface area contributed by atoms with Gasteiger partial charge in [0, 0.05) is 49.7 Å². The first-order chi connectivity index (χ1) is 23.8. The van der Waals surface area contributed by atoms with Gasteiger partial charge in [0.25, 0.3) is 11.5 Å². The molecule has 0 radical (unpaired) electrons. The molecule has 1 saturated heterocycles. The number of pyridine rings is 1. The first-order valence-electron chi connectivity index (χ1n) is 15.2. The number of alkyl halides is 3. The Kier molecular flexibility index (Phi) is 9.09. The summed E-state index contributed by atoms with van der Waals surface area (Å²) in [5, 5.41) is 2.92. The fourth-order valence-corrected chi connectivity index (χ4v) is 6.10. The molecule has 1 N–H and O–H groups in total. The minimum Gasteiger partial charge on any atom is -0.467 e. The standard InChI is InChI=1S/C33H29F4N7O6/c1-17-13-19(43-11-12-50-16-24(43)33(35,36)37)15-21(34)25(17)29(45)41-22(31(47)49-3)14-18-6-7-23(26-20(18)5-4-8-38-26)44-30(46)27-28(40-10-9-39-27)42(2)32(44)48/h4-10,13,15,22,24H,11-12,14,16H2,1-3H3,(H,41,45)/t22-,24+/m0/s1. The first-order valence-corrected chi connectivity index (χ1v) is 15.2. The number of carbonyl (C=O) groups is 2. The number of halogens is 4. The predicted octanol–water partition coefficient (Wildman–Crippen LogP) is 2.76. The number of aromatic nitrogens is 5. The van der Waals surface area contributed by atoms with Crippen LogP contribution in [0.5, 0.6) is 0 Å². The zero-order valence-corrected chi connectivity index (χ0v) is 26.8. The van der Waals surface area contributed by atoms with E-state index in [0.717, 1.165) is 22.6 Å². The summed E-state index contributed by atoms with van der Waals surface area (Å²) in [6.45, 7) is 0.619. The smallest absolute Gasteiger partial charge is 0.411 e. The second-order valence-corrected chi connectivity index (χ2v) is 11.6. The number of ether oxygens (including phenoxy) is 2. The number of morpholine rings is 1. The van der Waals surface area contributed by atoms with E-state index >= 15 is 4.39 Å². The second kappa shape index (κ2) is 13.3. The van der Waals surface area contributed by atoms with Gasteiger partial charge in [0.05, 0.1) is 37.1 Å². The fourth-order valence-electron chi connectivity index (χ4n) is 6.10. The molecule has 50 heavy (non-hydrogen) atoms. The summed E-state index contributed by atoms with van der Waals surface area (Å²) in [6.07, 6.45) is -0.682. The molecule has 13 nitrogen and oxygen atoms in total. The molecule has 0 bridgehead atoms. The third-order valence-electron chi connectivity index (χ3n) is 8.51. The number of methoxy groups -OCH3 is 1. The van der Waals surface area contributed by atoms with Crippen LogP contribution in [0, 0.1) is 12.7 Å². The maximum absolute atomic E-state index is 15.5. The highest BCUT2D eigenvalue weighted by molar-refractivity contribution is 5.99. The van der Waals surface area contributed by atoms with Gasteiger partial charge < -0.3 is 19.7 Å². The number of hydrogen-bond donors (Lipinski definition) is 1. The van der Waals surface area contributed by atoms with Crippen LogP contribution < -0.4 is 21.5 Å². The van der Waals surface area contributed by atoms with Gasteiger partial charge in [0.1, 0.15) is 17.9 Å². The Hall–Kier alpha value is -5.71. The molecule has 1 fully saturated rings. The van der Waals surface area contributed by atoms with E-state index in [4.69, 9.17) is 9.47 Å². The lowest BCUT2D eigenvalue weighted by atomic mass is 9.99. The number of rotatable bonds is 7. The van der Waals surface area contributed by atoms with E-state index < -0.39 is 59.4 Å². The van der Waals surface area contributed by atoms with Gasteiger partial charge in [-0.15, -0.1) is 0 Å². The van der Waals surface area contributed by atoms with E-state index in [-0.39, 0.29) is 53.2 Å². The highest BCUT2D eigenvalue weighted by Gasteiger charge is 2.45. The fraction of sp³-hybridized carbons (Fsp3) is 0.303. The summed E-state index contributed by atoms with van der Waals surface area (Å²) in [5.41, 5.74) is -1.05. The van der Waals surface area contributed by atoms with Crippen LogP contribution in [0.3, 0.4) is 0 Å². The minimum absolute atomic E-state index is 0.00577. The number of aryl methyl sites for hydroxylation is 2. The van der Waals surface area contributed by atoms with E-state index in [1.54, 1.807) is 18.2 Å². The quantitative estimate of drug-likeness (QED) is 0.199. The van der Waals surface area contributed by atoms with Crippen LogP contribution in [0.1, 0.15) is 21.5 Å². The molecule has 0 aliphatic carbocycles. The maximum Gasteiger partial charge on any atom is 0.411 e. The van der Waals surface area contributed by atoms with Crippen molar-refractivity contribution in [1.29, 1.82) is 0 Å². The van der Waals surface area contributed by atoms with Crippen LogP contribution >= 0.6 is 0 Å². The molecule has 0 spiro atoms. The summed E-state index contributed by atoms with van der Waals surface area (Å²) in [6, 6.07) is 5.04. The molecule has 1 aliphatic rings. The Morgan fingerprint density at radius 1 is 1.08 bits per heavy atom. The van der Waals surface area contributed by atoms with Gasteiger partial charge in [-0.2, -0.15) is 13.2 Å². The molecule has 1 amide bonds. The Balaban J connectivity index is 1.34. The number of hydrogen-bond acceptors (Lipinski definition) is 10. The topological polar surface area (TPSA) is 151 Å². The molecule has 3 aromatic heterocycles. The van der Waals surface area contributed by atoms with Crippen molar-refractivity contribution < 1.29 is 36.6 Å². The Morgan fingerprint density at radius 2 is 1.82 bits per heavy atom. The van der Waals surface area contributed by atoms with Gasteiger partial charge in [-0.05, 0) is 42.3 Å². The van der Waals surface area contributed by atoms with Crippen molar-refractivity contribution in [3.8, 4) is 5.69 Å². The number of nitrogens with one attached hydrogen (secondary N) is 1. The predicted molar refractivity (Wildman–Crippen MR) is 172 cm³/mol. The molecule has 2 atom stereocenters. The van der Waals surface area contributed by atoms with E-state index in [1.807, 2.05) is 0 Å². The summed E-state index contributed by atoms with van der Waals surface area (Å²) in [4.78, 5) is 66.8. The lowest BCUT2D eigenvalue weighted by Crippen LogP contribution is -2.53. The maximum atomic E-state index is 15.5. The molecule has 5 aromatic rings. The van der Waals surface area contributed by atoms with Crippen LogP contribution in [-0.4, -0.2) is 81.1 Å². The zero-order chi connectivity index (χ0) is 35.9. The number of amides is 1. The Morgan fingerprint density at radius 3 is 2.54 bits per heavy atom. The number of anilines is 1. The lowest BCUT2D eigenvalue weighted by Gasteiger charge is -2.38. The highest BCUT2D eigenvalue weighted by atomic mass is 19.4. The van der Waals surface area contributed by atoms with Crippen LogP contribution in [0.4, 0.5) is 23.2 Å². The summed E-state index contributed by atoms with van der Waals surface area (Å²) in [5.74, 6) is -2.95. The largest absolute Gasteiger partial charge is 0.467 e. The molecular formula is C33H29F4N7O6. The highest BCUT2D eigenvalue weighted by Crippen LogP contribution is 2.33. The molecule has 2 aromatic carbocycles. The number of carbonyl (C=O) groups excluding carboxylic acids is 2. The molecular weight excluding hydrogens is 666 g/mol. The van der Waals surface area contributed by atoms with E-state index in [1.165, 1.54) is 49.3 Å². The summed E-state index contributed by atoms with van der Waals surface area (Å²) >= 11 is 0. The molecule has 17 heteroatoms. The number of fused-ring (bicyclic) bond motifs is 2. The van der Waals surface area contributed by atoms with E-state index in [9.17, 15) is 32.3 Å². The second-order valence-electron chi connectivity index (χ2n) is 11.6. The molecule has 6 rings (SSSR count). The van der Waals surface area contributed by atoms with Gasteiger partial charge in [0.2, 0.25) is 0 Å². The van der Waals surface area contributed by atoms with Gasteiger partial charge in [0.15, 0.2) is 11.2 Å². The van der Waals surface area contributed by atoms with E-state index in [2.05, 4.69) is 20.3 Å².